The summed E-state index contributed by atoms with van der Waals surface area (Å²) in [5, 5.41) is 0. The summed E-state index contributed by atoms with van der Waals surface area (Å²) in [6, 6.07) is 8.29. The molecule has 5 heteroatoms. The van der Waals surface area contributed by atoms with Crippen LogP contribution in [0.2, 0.25) is 0 Å². The SMILES string of the molecule is CN(C(=O)[C@H]1CCS(=O)(=O)C1)[C@H]1CCc2ccccc21. The summed E-state index contributed by atoms with van der Waals surface area (Å²) in [5.74, 6) is -0.200. The predicted molar refractivity (Wildman–Crippen MR) is 77.0 cm³/mol. The maximum Gasteiger partial charge on any atom is 0.226 e. The van der Waals surface area contributed by atoms with Crippen LogP contribution in [0, 0.1) is 5.92 Å². The molecule has 1 heterocycles. The average molecular weight is 293 g/mol. The second-order valence-corrected chi connectivity index (χ2v) is 8.03. The van der Waals surface area contributed by atoms with E-state index in [1.165, 1.54) is 11.1 Å². The minimum Gasteiger partial charge on any atom is -0.338 e. The van der Waals surface area contributed by atoms with Crippen molar-refractivity contribution in [3.05, 3.63) is 35.4 Å². The molecule has 1 aromatic carbocycles. The third-order valence-electron chi connectivity index (χ3n) is 4.50. The number of hydrogen-bond acceptors (Lipinski definition) is 3. The normalized spacial score (nSPS) is 27.2. The third kappa shape index (κ3) is 2.35. The summed E-state index contributed by atoms with van der Waals surface area (Å²) in [6.07, 6.45) is 2.39. The van der Waals surface area contributed by atoms with Gasteiger partial charge in [-0.15, -0.1) is 0 Å². The highest BCUT2D eigenvalue weighted by Crippen LogP contribution is 2.36. The molecule has 3 rings (SSSR count). The van der Waals surface area contributed by atoms with Crippen LogP contribution in [0.1, 0.15) is 30.0 Å². The Kier molecular flexibility index (Phi) is 3.32. The maximum atomic E-state index is 12.5. The van der Waals surface area contributed by atoms with Gasteiger partial charge in [0.25, 0.3) is 0 Å². The smallest absolute Gasteiger partial charge is 0.226 e. The molecule has 0 bridgehead atoms. The lowest BCUT2D eigenvalue weighted by Crippen LogP contribution is -2.35. The Balaban J connectivity index is 1.77. The van der Waals surface area contributed by atoms with Gasteiger partial charge in [-0.2, -0.15) is 0 Å². The van der Waals surface area contributed by atoms with Gasteiger partial charge in [-0.25, -0.2) is 8.42 Å². The number of hydrogen-bond donors (Lipinski definition) is 0. The molecule has 1 aromatic rings. The monoisotopic (exact) mass is 293 g/mol. The van der Waals surface area contributed by atoms with Gasteiger partial charge < -0.3 is 4.90 Å². The van der Waals surface area contributed by atoms with Gasteiger partial charge in [-0.1, -0.05) is 24.3 Å². The second-order valence-electron chi connectivity index (χ2n) is 5.80. The predicted octanol–water partition coefficient (Wildman–Crippen LogP) is 1.57. The molecule has 0 saturated carbocycles. The molecule has 0 radical (unpaired) electrons. The largest absolute Gasteiger partial charge is 0.338 e. The summed E-state index contributed by atoms with van der Waals surface area (Å²) in [6.45, 7) is 0. The van der Waals surface area contributed by atoms with Gasteiger partial charge in [-0.05, 0) is 30.4 Å². The van der Waals surface area contributed by atoms with Gasteiger partial charge in [0.15, 0.2) is 9.84 Å². The van der Waals surface area contributed by atoms with E-state index in [2.05, 4.69) is 12.1 Å². The lowest BCUT2D eigenvalue weighted by Gasteiger charge is -2.27. The van der Waals surface area contributed by atoms with Crippen LogP contribution in [-0.4, -0.2) is 37.8 Å². The van der Waals surface area contributed by atoms with Gasteiger partial charge in [-0.3, -0.25) is 4.79 Å². The van der Waals surface area contributed by atoms with Crippen LogP contribution < -0.4 is 0 Å². The van der Waals surface area contributed by atoms with Crippen LogP contribution in [0.5, 0.6) is 0 Å². The minimum atomic E-state index is -3.01. The van der Waals surface area contributed by atoms with Crippen LogP contribution in [0.15, 0.2) is 24.3 Å². The Bertz CT molecular complexity index is 638. The van der Waals surface area contributed by atoms with Gasteiger partial charge in [0.05, 0.1) is 23.5 Å². The van der Waals surface area contributed by atoms with E-state index in [9.17, 15) is 13.2 Å². The Labute approximate surface area is 119 Å². The molecule has 1 aliphatic heterocycles. The van der Waals surface area contributed by atoms with Gasteiger partial charge >= 0.3 is 0 Å². The van der Waals surface area contributed by atoms with Gasteiger partial charge in [0.1, 0.15) is 0 Å². The van der Waals surface area contributed by atoms with E-state index >= 15 is 0 Å². The Morgan fingerprint density at radius 2 is 2.00 bits per heavy atom. The summed E-state index contributed by atoms with van der Waals surface area (Å²) in [5.41, 5.74) is 2.51. The highest BCUT2D eigenvalue weighted by molar-refractivity contribution is 7.91. The topological polar surface area (TPSA) is 54.5 Å². The first-order chi connectivity index (χ1) is 9.48. The zero-order chi connectivity index (χ0) is 14.3. The van der Waals surface area contributed by atoms with E-state index in [0.29, 0.717) is 6.42 Å². The Hall–Kier alpha value is -1.36. The molecule has 0 N–H and O–H groups in total. The molecule has 1 saturated heterocycles. The van der Waals surface area contributed by atoms with E-state index < -0.39 is 9.84 Å². The minimum absolute atomic E-state index is 0.0184. The van der Waals surface area contributed by atoms with Crippen LogP contribution in [0.3, 0.4) is 0 Å². The number of fused-ring (bicyclic) bond motifs is 1. The van der Waals surface area contributed by atoms with Crippen LogP contribution in [-0.2, 0) is 21.1 Å². The number of amides is 1. The van der Waals surface area contributed by atoms with Gasteiger partial charge in [0.2, 0.25) is 5.91 Å². The first kappa shape index (κ1) is 13.6. The average Bonchev–Trinajstić information content (AvgIpc) is 3.00. The first-order valence-corrected chi connectivity index (χ1v) is 8.85. The lowest BCUT2D eigenvalue weighted by atomic mass is 10.0. The van der Waals surface area contributed by atoms with Crippen LogP contribution in [0.25, 0.3) is 0 Å². The summed E-state index contributed by atoms with van der Waals surface area (Å²) in [4.78, 5) is 14.3. The van der Waals surface area contributed by atoms with Crippen molar-refractivity contribution >= 4 is 15.7 Å². The molecular weight excluding hydrogens is 274 g/mol. The number of rotatable bonds is 2. The molecule has 1 fully saturated rings. The van der Waals surface area contributed by atoms with Crippen molar-refractivity contribution < 1.29 is 13.2 Å². The number of aryl methyl sites for hydroxylation is 1. The van der Waals surface area contributed by atoms with E-state index in [0.717, 1.165) is 12.8 Å². The molecule has 108 valence electrons. The molecular formula is C15H19NO3S. The standard InChI is InChI=1S/C15H19NO3S/c1-16(15(17)12-8-9-20(18,19)10-12)14-7-6-11-4-2-3-5-13(11)14/h2-5,12,14H,6-10H2,1H3/t12-,14-/m0/s1. The van der Waals surface area contributed by atoms with Crippen molar-refractivity contribution in [1.29, 1.82) is 0 Å². The number of nitrogens with zero attached hydrogens (tertiary/aromatic N) is 1. The zero-order valence-electron chi connectivity index (χ0n) is 11.6. The summed E-state index contributed by atoms with van der Waals surface area (Å²) < 4.78 is 23.0. The fourth-order valence-electron chi connectivity index (χ4n) is 3.37. The molecule has 2 atom stereocenters. The van der Waals surface area contributed by atoms with E-state index in [1.807, 2.05) is 12.1 Å². The van der Waals surface area contributed by atoms with Gasteiger partial charge in [0, 0.05) is 7.05 Å². The highest BCUT2D eigenvalue weighted by Gasteiger charge is 2.37. The molecule has 1 amide bonds. The maximum absolute atomic E-state index is 12.5. The third-order valence-corrected chi connectivity index (χ3v) is 6.27. The van der Waals surface area contributed by atoms with E-state index in [4.69, 9.17) is 0 Å². The summed E-state index contributed by atoms with van der Waals surface area (Å²) >= 11 is 0. The number of benzene rings is 1. The molecule has 4 nitrogen and oxygen atoms in total. The molecule has 1 aliphatic carbocycles. The van der Waals surface area contributed by atoms with E-state index in [-0.39, 0.29) is 29.4 Å². The lowest BCUT2D eigenvalue weighted by molar-refractivity contribution is -0.135. The van der Waals surface area contributed by atoms with Crippen LogP contribution in [0.4, 0.5) is 0 Å². The molecule has 0 spiro atoms. The van der Waals surface area contributed by atoms with Crippen molar-refractivity contribution in [2.75, 3.05) is 18.6 Å². The Morgan fingerprint density at radius 3 is 2.70 bits per heavy atom. The first-order valence-electron chi connectivity index (χ1n) is 7.03. The Morgan fingerprint density at radius 1 is 1.25 bits per heavy atom. The molecule has 0 aromatic heterocycles. The highest BCUT2D eigenvalue weighted by atomic mass is 32.2. The fourth-order valence-corrected chi connectivity index (χ4v) is 5.10. The van der Waals surface area contributed by atoms with Crippen molar-refractivity contribution in [3.8, 4) is 0 Å². The zero-order valence-corrected chi connectivity index (χ0v) is 12.4. The van der Waals surface area contributed by atoms with Crippen molar-refractivity contribution in [2.45, 2.75) is 25.3 Å². The number of carbonyl (C=O) groups excluding carboxylic acids is 1. The number of carbonyl (C=O) groups is 1. The second kappa shape index (κ2) is 4.88. The summed E-state index contributed by atoms with van der Waals surface area (Å²) in [7, 11) is -1.20. The fraction of sp³-hybridized carbons (Fsp3) is 0.533. The van der Waals surface area contributed by atoms with Crippen molar-refractivity contribution in [3.63, 3.8) is 0 Å². The molecule has 2 aliphatic rings. The number of sulfone groups is 1. The quantitative estimate of drug-likeness (QED) is 0.831. The van der Waals surface area contributed by atoms with E-state index in [1.54, 1.807) is 11.9 Å². The molecule has 20 heavy (non-hydrogen) atoms. The van der Waals surface area contributed by atoms with Crippen molar-refractivity contribution in [2.24, 2.45) is 5.92 Å². The van der Waals surface area contributed by atoms with Crippen molar-refractivity contribution in [1.82, 2.24) is 4.90 Å². The molecule has 0 unspecified atom stereocenters. The van der Waals surface area contributed by atoms with Crippen LogP contribution >= 0.6 is 0 Å².